The number of nitrogens with zero attached hydrogens (tertiary/aromatic N) is 3. The van der Waals surface area contributed by atoms with E-state index < -0.39 is 0 Å². The van der Waals surface area contributed by atoms with Crippen molar-refractivity contribution in [2.75, 3.05) is 25.5 Å². The normalized spacial score (nSPS) is 15.7. The van der Waals surface area contributed by atoms with Crippen LogP contribution in [0.25, 0.3) is 0 Å². The lowest BCUT2D eigenvalue weighted by molar-refractivity contribution is -0.131. The molecule has 134 valence electrons. The van der Waals surface area contributed by atoms with Crippen molar-refractivity contribution in [1.29, 1.82) is 0 Å². The molecule has 1 fully saturated rings. The van der Waals surface area contributed by atoms with Crippen molar-refractivity contribution in [1.82, 2.24) is 15.1 Å². The van der Waals surface area contributed by atoms with Gasteiger partial charge in [-0.05, 0) is 50.5 Å². The van der Waals surface area contributed by atoms with E-state index in [2.05, 4.69) is 15.5 Å². The number of anilines is 2. The zero-order valence-electron chi connectivity index (χ0n) is 14.4. The van der Waals surface area contributed by atoms with Crippen LogP contribution in [0.5, 0.6) is 5.75 Å². The number of nitrogens with one attached hydrogen (secondary N) is 1. The predicted octanol–water partition coefficient (Wildman–Crippen LogP) is 3.78. The number of likely N-dealkylation sites (tertiary alicyclic amines) is 1. The van der Waals surface area contributed by atoms with Gasteiger partial charge in [0.05, 0.1) is 12.4 Å². The summed E-state index contributed by atoms with van der Waals surface area (Å²) in [4.78, 5) is 14.5. The van der Waals surface area contributed by atoms with Crippen LogP contribution in [-0.4, -0.2) is 46.5 Å². The molecule has 8 heteroatoms. The Kier molecular flexibility index (Phi) is 6.14. The largest absolute Gasteiger partial charge is 0.497 e. The Morgan fingerprint density at radius 2 is 1.96 bits per heavy atom. The monoisotopic (exact) mass is 378 g/mol. The highest BCUT2D eigenvalue weighted by Gasteiger charge is 2.24. The number of amides is 1. The second-order valence-corrected chi connectivity index (χ2v) is 8.44. The topological polar surface area (TPSA) is 67.3 Å². The van der Waals surface area contributed by atoms with Crippen LogP contribution in [0.1, 0.15) is 26.2 Å². The van der Waals surface area contributed by atoms with Crippen LogP contribution in [0, 0.1) is 0 Å². The van der Waals surface area contributed by atoms with Crippen LogP contribution in [0.2, 0.25) is 0 Å². The molecule has 0 saturated carbocycles. The van der Waals surface area contributed by atoms with Crippen molar-refractivity contribution >= 4 is 39.8 Å². The maximum Gasteiger partial charge on any atom is 0.235 e. The fourth-order valence-corrected chi connectivity index (χ4v) is 4.68. The molecule has 1 atom stereocenters. The van der Waals surface area contributed by atoms with Crippen LogP contribution in [0.3, 0.4) is 0 Å². The molecule has 0 radical (unpaired) electrons. The minimum Gasteiger partial charge on any atom is -0.497 e. The highest BCUT2D eigenvalue weighted by atomic mass is 32.2. The molecule has 0 unspecified atom stereocenters. The number of methoxy groups -OCH3 is 1. The van der Waals surface area contributed by atoms with E-state index in [1.165, 1.54) is 29.5 Å². The minimum atomic E-state index is -0.139. The molecular weight excluding hydrogens is 356 g/mol. The standard InChI is InChI=1S/C17H22N4O2S2/c1-12(15(22)21-10-4-3-5-11-21)24-17-20-19-16(25-17)18-13-6-8-14(23-2)9-7-13/h6-9,12H,3-5,10-11H2,1-2H3,(H,18,19)/t12-/m1/s1. The van der Waals surface area contributed by atoms with Crippen molar-refractivity contribution in [3.63, 3.8) is 0 Å². The molecule has 1 saturated heterocycles. The zero-order chi connectivity index (χ0) is 17.6. The summed E-state index contributed by atoms with van der Waals surface area (Å²) in [5, 5.41) is 12.1. The minimum absolute atomic E-state index is 0.139. The fourth-order valence-electron chi connectivity index (χ4n) is 2.68. The smallest absolute Gasteiger partial charge is 0.235 e. The van der Waals surface area contributed by atoms with Crippen molar-refractivity contribution in [2.45, 2.75) is 35.8 Å². The molecule has 1 amide bonds. The fraction of sp³-hybridized carbons (Fsp3) is 0.471. The molecule has 0 bridgehead atoms. The molecule has 1 aliphatic heterocycles. The van der Waals surface area contributed by atoms with Crippen LogP contribution in [0.4, 0.5) is 10.8 Å². The maximum atomic E-state index is 12.5. The van der Waals surface area contributed by atoms with Gasteiger partial charge >= 0.3 is 0 Å². The van der Waals surface area contributed by atoms with Crippen molar-refractivity contribution in [2.24, 2.45) is 0 Å². The Hall–Kier alpha value is -1.80. The third-order valence-corrected chi connectivity index (χ3v) is 6.05. The van der Waals surface area contributed by atoms with E-state index in [1.54, 1.807) is 7.11 Å². The number of rotatable bonds is 6. The first-order valence-electron chi connectivity index (χ1n) is 8.36. The van der Waals surface area contributed by atoms with E-state index >= 15 is 0 Å². The zero-order valence-corrected chi connectivity index (χ0v) is 16.0. The summed E-state index contributed by atoms with van der Waals surface area (Å²) in [7, 11) is 1.64. The summed E-state index contributed by atoms with van der Waals surface area (Å²) in [5.74, 6) is 1.01. The van der Waals surface area contributed by atoms with Gasteiger partial charge in [0.2, 0.25) is 11.0 Å². The summed E-state index contributed by atoms with van der Waals surface area (Å²) in [6, 6.07) is 7.63. The van der Waals surface area contributed by atoms with Crippen LogP contribution in [-0.2, 0) is 4.79 Å². The molecule has 1 aliphatic rings. The number of hydrogen-bond donors (Lipinski definition) is 1. The molecule has 0 spiro atoms. The quantitative estimate of drug-likeness (QED) is 0.772. The number of piperidine rings is 1. The van der Waals surface area contributed by atoms with Crippen LogP contribution >= 0.6 is 23.1 Å². The Balaban J connectivity index is 1.56. The average Bonchev–Trinajstić information content (AvgIpc) is 3.09. The van der Waals surface area contributed by atoms with Gasteiger partial charge in [0.15, 0.2) is 4.34 Å². The Labute approximate surface area is 156 Å². The Bertz CT molecular complexity index is 699. The van der Waals surface area contributed by atoms with E-state index in [4.69, 9.17) is 4.74 Å². The van der Waals surface area contributed by atoms with E-state index in [1.807, 2.05) is 36.1 Å². The number of carbonyl (C=O) groups is 1. The molecule has 2 heterocycles. The van der Waals surface area contributed by atoms with Gasteiger partial charge in [-0.3, -0.25) is 4.79 Å². The van der Waals surface area contributed by atoms with Gasteiger partial charge in [0, 0.05) is 18.8 Å². The number of hydrogen-bond acceptors (Lipinski definition) is 7. The third kappa shape index (κ3) is 4.85. The van der Waals surface area contributed by atoms with Gasteiger partial charge < -0.3 is 15.0 Å². The molecule has 2 aromatic rings. The van der Waals surface area contributed by atoms with E-state index in [0.29, 0.717) is 5.13 Å². The maximum absolute atomic E-state index is 12.5. The summed E-state index contributed by atoms with van der Waals surface area (Å²) in [6.07, 6.45) is 3.44. The summed E-state index contributed by atoms with van der Waals surface area (Å²) < 4.78 is 5.95. The number of benzene rings is 1. The molecule has 0 aliphatic carbocycles. The van der Waals surface area contributed by atoms with Gasteiger partial charge in [0.25, 0.3) is 0 Å². The number of ether oxygens (including phenoxy) is 1. The number of thioether (sulfide) groups is 1. The molecule has 3 rings (SSSR count). The number of carbonyl (C=O) groups excluding carboxylic acids is 1. The van der Waals surface area contributed by atoms with Gasteiger partial charge in [-0.2, -0.15) is 0 Å². The van der Waals surface area contributed by atoms with E-state index in [-0.39, 0.29) is 11.2 Å². The first kappa shape index (κ1) is 18.0. The number of aromatic nitrogens is 2. The third-order valence-electron chi connectivity index (χ3n) is 4.04. The lowest BCUT2D eigenvalue weighted by atomic mass is 10.1. The Morgan fingerprint density at radius 3 is 2.64 bits per heavy atom. The van der Waals surface area contributed by atoms with Crippen molar-refractivity contribution in [3.8, 4) is 5.75 Å². The second kappa shape index (κ2) is 8.53. The SMILES string of the molecule is COc1ccc(Nc2nnc(S[C@H](C)C(=O)N3CCCCC3)s2)cc1. The van der Waals surface area contributed by atoms with E-state index in [9.17, 15) is 4.79 Å². The summed E-state index contributed by atoms with van der Waals surface area (Å²) in [5.41, 5.74) is 0.922. The second-order valence-electron chi connectivity index (χ2n) is 5.87. The van der Waals surface area contributed by atoms with Crippen molar-refractivity contribution < 1.29 is 9.53 Å². The lowest BCUT2D eigenvalue weighted by Crippen LogP contribution is -2.40. The molecule has 1 aromatic heterocycles. The highest BCUT2D eigenvalue weighted by Crippen LogP contribution is 2.31. The lowest BCUT2D eigenvalue weighted by Gasteiger charge is -2.28. The van der Waals surface area contributed by atoms with Gasteiger partial charge in [-0.1, -0.05) is 23.1 Å². The van der Waals surface area contributed by atoms with Crippen LogP contribution in [0.15, 0.2) is 28.6 Å². The molecule has 25 heavy (non-hydrogen) atoms. The highest BCUT2D eigenvalue weighted by molar-refractivity contribution is 8.02. The van der Waals surface area contributed by atoms with Crippen LogP contribution < -0.4 is 10.1 Å². The Morgan fingerprint density at radius 1 is 1.24 bits per heavy atom. The molecular formula is C17H22N4O2S2. The van der Waals surface area contributed by atoms with Gasteiger partial charge in [-0.25, -0.2) is 0 Å². The predicted molar refractivity (Wildman–Crippen MR) is 102 cm³/mol. The van der Waals surface area contributed by atoms with Crippen molar-refractivity contribution in [3.05, 3.63) is 24.3 Å². The average molecular weight is 379 g/mol. The molecule has 1 N–H and O–H groups in total. The van der Waals surface area contributed by atoms with Gasteiger partial charge in [-0.15, -0.1) is 10.2 Å². The summed E-state index contributed by atoms with van der Waals surface area (Å²) in [6.45, 7) is 3.70. The first-order valence-corrected chi connectivity index (χ1v) is 10.1. The first-order chi connectivity index (χ1) is 12.2. The molecule has 1 aromatic carbocycles. The van der Waals surface area contributed by atoms with E-state index in [0.717, 1.165) is 41.7 Å². The summed E-state index contributed by atoms with van der Waals surface area (Å²) >= 11 is 2.93. The molecule has 6 nitrogen and oxygen atoms in total. The van der Waals surface area contributed by atoms with Gasteiger partial charge in [0.1, 0.15) is 5.75 Å².